The second-order valence-electron chi connectivity index (χ2n) is 3.41. The molecule has 2 aliphatic heterocycles. The summed E-state index contributed by atoms with van der Waals surface area (Å²) in [5.74, 6) is 0. The Labute approximate surface area is 70.7 Å². The second kappa shape index (κ2) is 2.91. The van der Waals surface area contributed by atoms with Gasteiger partial charge in [0, 0.05) is 32.2 Å². The van der Waals surface area contributed by atoms with E-state index in [0.29, 0.717) is 6.04 Å². The van der Waals surface area contributed by atoms with Crippen LogP contribution < -0.4 is 10.6 Å². The topological polar surface area (TPSA) is 64.6 Å². The number of nitrogens with one attached hydrogen (secondary N) is 2. The minimum absolute atomic E-state index is 0.156. The first-order valence-corrected chi connectivity index (χ1v) is 4.20. The highest BCUT2D eigenvalue weighted by Gasteiger charge is 2.35. The Bertz CT molecular complexity index is 187. The molecule has 2 saturated heterocycles. The molecule has 2 fully saturated rings. The molecule has 3 N–H and O–H groups in total. The third-order valence-corrected chi connectivity index (χ3v) is 2.51. The van der Waals surface area contributed by atoms with E-state index in [1.54, 1.807) is 0 Å². The van der Waals surface area contributed by atoms with Crippen molar-refractivity contribution in [2.24, 2.45) is 0 Å². The summed E-state index contributed by atoms with van der Waals surface area (Å²) in [6.07, 6.45) is -0.911. The minimum Gasteiger partial charge on any atom is -0.465 e. The van der Waals surface area contributed by atoms with E-state index in [-0.39, 0.29) is 6.04 Å². The van der Waals surface area contributed by atoms with Crippen LogP contribution in [0.25, 0.3) is 0 Å². The first-order valence-electron chi connectivity index (χ1n) is 4.20. The molecule has 2 aliphatic rings. The average Bonchev–Trinajstić information content (AvgIpc) is 1.77. The Morgan fingerprint density at radius 1 is 1.50 bits per heavy atom. The first kappa shape index (κ1) is 7.82. The summed E-state index contributed by atoms with van der Waals surface area (Å²) in [5, 5.41) is 14.1. The van der Waals surface area contributed by atoms with E-state index in [4.69, 9.17) is 5.11 Å². The van der Waals surface area contributed by atoms with Crippen LogP contribution in [-0.2, 0) is 0 Å². The van der Waals surface area contributed by atoms with E-state index in [1.807, 2.05) is 0 Å². The molecule has 0 atom stereocenters. The number of rotatable bonds is 2. The van der Waals surface area contributed by atoms with E-state index in [9.17, 15) is 4.79 Å². The molecule has 0 aromatic rings. The highest BCUT2D eigenvalue weighted by Crippen LogP contribution is 2.14. The third-order valence-electron chi connectivity index (χ3n) is 2.51. The average molecular weight is 171 g/mol. The number of hydrogen-bond donors (Lipinski definition) is 3. The number of nitrogens with zero attached hydrogens (tertiary/aromatic N) is 1. The van der Waals surface area contributed by atoms with Crippen LogP contribution in [0.2, 0.25) is 0 Å². The van der Waals surface area contributed by atoms with E-state index < -0.39 is 6.09 Å². The van der Waals surface area contributed by atoms with E-state index in [0.717, 1.165) is 26.2 Å². The summed E-state index contributed by atoms with van der Waals surface area (Å²) in [5.41, 5.74) is 0. The monoisotopic (exact) mass is 171 g/mol. The molecule has 1 amide bonds. The van der Waals surface area contributed by atoms with Gasteiger partial charge in [0.1, 0.15) is 0 Å². The van der Waals surface area contributed by atoms with Crippen molar-refractivity contribution in [3.8, 4) is 0 Å². The molecular formula is C7H13N3O2. The maximum absolute atomic E-state index is 10.2. The largest absolute Gasteiger partial charge is 0.465 e. The van der Waals surface area contributed by atoms with E-state index >= 15 is 0 Å². The van der Waals surface area contributed by atoms with Crippen LogP contribution in [0.1, 0.15) is 0 Å². The van der Waals surface area contributed by atoms with Gasteiger partial charge >= 0.3 is 6.09 Å². The molecule has 0 aromatic carbocycles. The van der Waals surface area contributed by atoms with Crippen LogP contribution in [0.15, 0.2) is 0 Å². The maximum Gasteiger partial charge on any atom is 0.404 e. The fourth-order valence-corrected chi connectivity index (χ4v) is 1.61. The molecule has 0 bridgehead atoms. The Morgan fingerprint density at radius 2 is 2.17 bits per heavy atom. The minimum atomic E-state index is -0.911. The van der Waals surface area contributed by atoms with Gasteiger partial charge in [-0.15, -0.1) is 0 Å². The SMILES string of the molecule is O=C(O)NC1CN(C2CNC2)C1. The van der Waals surface area contributed by atoms with Gasteiger partial charge in [-0.2, -0.15) is 0 Å². The summed E-state index contributed by atoms with van der Waals surface area (Å²) in [7, 11) is 0. The van der Waals surface area contributed by atoms with Gasteiger partial charge in [0.15, 0.2) is 0 Å². The number of amides is 1. The lowest BCUT2D eigenvalue weighted by Crippen LogP contribution is -2.68. The van der Waals surface area contributed by atoms with E-state index in [1.165, 1.54) is 0 Å². The fraction of sp³-hybridized carbons (Fsp3) is 0.857. The summed E-state index contributed by atoms with van der Waals surface area (Å²) < 4.78 is 0. The Kier molecular flexibility index (Phi) is 1.90. The summed E-state index contributed by atoms with van der Waals surface area (Å²) in [6, 6.07) is 0.806. The van der Waals surface area contributed by atoms with E-state index in [2.05, 4.69) is 15.5 Å². The number of likely N-dealkylation sites (tertiary alicyclic amines) is 1. The number of hydrogen-bond acceptors (Lipinski definition) is 3. The van der Waals surface area contributed by atoms with Crippen LogP contribution >= 0.6 is 0 Å². The fourth-order valence-electron chi connectivity index (χ4n) is 1.61. The predicted octanol–water partition coefficient (Wildman–Crippen LogP) is -1.09. The van der Waals surface area contributed by atoms with Gasteiger partial charge in [0.2, 0.25) is 0 Å². The van der Waals surface area contributed by atoms with Crippen LogP contribution in [-0.4, -0.2) is 54.4 Å². The standard InChI is InChI=1S/C7H13N3O2/c11-7(12)9-5-3-10(4-5)6-1-8-2-6/h5-6,8-9H,1-4H2,(H,11,12). The van der Waals surface area contributed by atoms with Crippen molar-refractivity contribution in [1.82, 2.24) is 15.5 Å². The summed E-state index contributed by atoms with van der Waals surface area (Å²) in [4.78, 5) is 12.5. The molecule has 0 aromatic heterocycles. The zero-order chi connectivity index (χ0) is 8.55. The molecule has 0 aliphatic carbocycles. The van der Waals surface area contributed by atoms with Crippen LogP contribution in [0.3, 0.4) is 0 Å². The molecule has 0 radical (unpaired) electrons. The summed E-state index contributed by atoms with van der Waals surface area (Å²) >= 11 is 0. The smallest absolute Gasteiger partial charge is 0.404 e. The lowest BCUT2D eigenvalue weighted by Gasteiger charge is -2.47. The first-order chi connectivity index (χ1) is 5.75. The van der Waals surface area contributed by atoms with Gasteiger partial charge in [-0.3, -0.25) is 4.90 Å². The Morgan fingerprint density at radius 3 is 2.58 bits per heavy atom. The highest BCUT2D eigenvalue weighted by atomic mass is 16.4. The molecule has 0 unspecified atom stereocenters. The maximum atomic E-state index is 10.2. The molecule has 0 spiro atoms. The summed E-state index contributed by atoms with van der Waals surface area (Å²) in [6.45, 7) is 3.86. The van der Waals surface area contributed by atoms with Crippen molar-refractivity contribution in [3.63, 3.8) is 0 Å². The molecular weight excluding hydrogens is 158 g/mol. The van der Waals surface area contributed by atoms with Gasteiger partial charge in [0.25, 0.3) is 0 Å². The predicted molar refractivity (Wildman–Crippen MR) is 43.2 cm³/mol. The van der Waals surface area contributed by atoms with Crippen molar-refractivity contribution in [2.75, 3.05) is 26.2 Å². The van der Waals surface area contributed by atoms with Crippen molar-refractivity contribution in [1.29, 1.82) is 0 Å². The molecule has 0 saturated carbocycles. The molecule has 68 valence electrons. The molecule has 12 heavy (non-hydrogen) atoms. The number of carboxylic acid groups (broad SMARTS) is 1. The molecule has 5 nitrogen and oxygen atoms in total. The third kappa shape index (κ3) is 1.37. The van der Waals surface area contributed by atoms with Crippen molar-refractivity contribution >= 4 is 6.09 Å². The van der Waals surface area contributed by atoms with Gasteiger partial charge in [-0.25, -0.2) is 4.79 Å². The van der Waals surface area contributed by atoms with Crippen LogP contribution in [0.5, 0.6) is 0 Å². The van der Waals surface area contributed by atoms with Crippen LogP contribution in [0.4, 0.5) is 4.79 Å². The van der Waals surface area contributed by atoms with Gasteiger partial charge in [-0.05, 0) is 0 Å². The zero-order valence-electron chi connectivity index (χ0n) is 6.79. The van der Waals surface area contributed by atoms with Crippen molar-refractivity contribution in [2.45, 2.75) is 12.1 Å². The zero-order valence-corrected chi connectivity index (χ0v) is 6.79. The van der Waals surface area contributed by atoms with Gasteiger partial charge in [-0.1, -0.05) is 0 Å². The second-order valence-corrected chi connectivity index (χ2v) is 3.41. The van der Waals surface area contributed by atoms with Crippen molar-refractivity contribution < 1.29 is 9.90 Å². The van der Waals surface area contributed by atoms with Crippen molar-refractivity contribution in [3.05, 3.63) is 0 Å². The normalized spacial score (nSPS) is 26.0. The van der Waals surface area contributed by atoms with Gasteiger partial charge < -0.3 is 15.7 Å². The molecule has 5 heteroatoms. The Hall–Kier alpha value is -0.810. The molecule has 2 heterocycles. The quantitative estimate of drug-likeness (QED) is 0.494. The lowest BCUT2D eigenvalue weighted by molar-refractivity contribution is 0.0493. The van der Waals surface area contributed by atoms with Crippen LogP contribution in [0, 0.1) is 0 Å². The number of carbonyl (C=O) groups is 1. The molecule has 2 rings (SSSR count). The highest BCUT2D eigenvalue weighted by molar-refractivity contribution is 5.65. The van der Waals surface area contributed by atoms with Gasteiger partial charge in [0.05, 0.1) is 6.04 Å². The lowest BCUT2D eigenvalue weighted by atomic mass is 10.0. The Balaban J connectivity index is 1.66.